The summed E-state index contributed by atoms with van der Waals surface area (Å²) in [5.74, 6) is -0.0912. The molecular formula is C20H26ClN5O4S. The molecule has 2 heterocycles. The van der Waals surface area contributed by atoms with Gasteiger partial charge in [-0.25, -0.2) is 13.4 Å². The highest BCUT2D eigenvalue weighted by Gasteiger charge is 2.33. The lowest BCUT2D eigenvalue weighted by atomic mass is 9.97. The second-order valence-electron chi connectivity index (χ2n) is 7.44. The number of nitrogens with zero attached hydrogens (tertiary/aromatic N) is 3. The van der Waals surface area contributed by atoms with Gasteiger partial charge in [0.15, 0.2) is 5.03 Å². The number of halogens is 1. The number of rotatable bonds is 7. The van der Waals surface area contributed by atoms with Gasteiger partial charge in [0.1, 0.15) is 5.82 Å². The van der Waals surface area contributed by atoms with Crippen LogP contribution in [0.2, 0.25) is 5.02 Å². The number of benzene rings is 1. The van der Waals surface area contributed by atoms with E-state index in [2.05, 4.69) is 15.6 Å². The summed E-state index contributed by atoms with van der Waals surface area (Å²) in [7, 11) is -1.92. The Morgan fingerprint density at radius 1 is 1.16 bits per heavy atom. The van der Waals surface area contributed by atoms with Crippen molar-refractivity contribution < 1.29 is 18.0 Å². The molecule has 1 aliphatic rings. The molecule has 1 fully saturated rings. The maximum Gasteiger partial charge on any atom is 0.262 e. The molecule has 2 amide bonds. The molecule has 11 heteroatoms. The van der Waals surface area contributed by atoms with Gasteiger partial charge in [0.2, 0.25) is 5.91 Å². The van der Waals surface area contributed by atoms with E-state index in [1.165, 1.54) is 10.5 Å². The number of sulfonamides is 1. The van der Waals surface area contributed by atoms with Crippen molar-refractivity contribution in [1.82, 2.24) is 24.5 Å². The van der Waals surface area contributed by atoms with Crippen LogP contribution in [-0.4, -0.2) is 60.3 Å². The van der Waals surface area contributed by atoms with E-state index in [0.717, 1.165) is 0 Å². The molecule has 1 saturated heterocycles. The lowest BCUT2D eigenvalue weighted by Crippen LogP contribution is -2.44. The molecular weight excluding hydrogens is 442 g/mol. The fourth-order valence-corrected chi connectivity index (χ4v) is 5.10. The van der Waals surface area contributed by atoms with Crippen LogP contribution in [0.15, 0.2) is 35.5 Å². The van der Waals surface area contributed by atoms with Gasteiger partial charge in [-0.05, 0) is 31.9 Å². The van der Waals surface area contributed by atoms with Gasteiger partial charge in [-0.15, -0.1) is 0 Å². The highest BCUT2D eigenvalue weighted by Crippen LogP contribution is 2.23. The van der Waals surface area contributed by atoms with E-state index in [1.54, 1.807) is 42.8 Å². The van der Waals surface area contributed by atoms with Gasteiger partial charge in [0.05, 0.1) is 10.6 Å². The fraction of sp³-hybridized carbons (Fsp3) is 0.450. The lowest BCUT2D eigenvalue weighted by molar-refractivity contribution is -0.126. The van der Waals surface area contributed by atoms with Crippen molar-refractivity contribution in [2.45, 2.75) is 24.8 Å². The molecule has 0 unspecified atom stereocenters. The van der Waals surface area contributed by atoms with Crippen LogP contribution in [0, 0.1) is 12.8 Å². The molecule has 3 rings (SSSR count). The predicted molar refractivity (Wildman–Crippen MR) is 116 cm³/mol. The largest absolute Gasteiger partial charge is 0.354 e. The fourth-order valence-electron chi connectivity index (χ4n) is 3.39. The molecule has 0 radical (unpaired) electrons. The Hall–Kier alpha value is -2.43. The van der Waals surface area contributed by atoms with Gasteiger partial charge < -0.3 is 15.2 Å². The maximum atomic E-state index is 12.7. The molecule has 2 aromatic rings. The normalized spacial score (nSPS) is 15.6. The minimum atomic E-state index is -3.66. The third-order valence-electron chi connectivity index (χ3n) is 5.34. The quantitative estimate of drug-likeness (QED) is 0.596. The van der Waals surface area contributed by atoms with Crippen LogP contribution in [0.5, 0.6) is 0 Å². The van der Waals surface area contributed by atoms with Crippen molar-refractivity contribution in [2.75, 3.05) is 26.2 Å². The first-order valence-electron chi connectivity index (χ1n) is 10.0. The van der Waals surface area contributed by atoms with E-state index in [4.69, 9.17) is 11.6 Å². The van der Waals surface area contributed by atoms with Crippen molar-refractivity contribution in [3.8, 4) is 0 Å². The molecule has 1 aromatic heterocycles. The molecule has 31 heavy (non-hydrogen) atoms. The number of aromatic nitrogens is 2. The van der Waals surface area contributed by atoms with Crippen LogP contribution < -0.4 is 10.6 Å². The predicted octanol–water partition coefficient (Wildman–Crippen LogP) is 1.33. The summed E-state index contributed by atoms with van der Waals surface area (Å²) in [6.45, 7) is 2.81. The molecule has 0 aliphatic carbocycles. The number of amides is 2. The first-order chi connectivity index (χ1) is 14.7. The van der Waals surface area contributed by atoms with E-state index in [-0.39, 0.29) is 48.9 Å². The first-order valence-corrected chi connectivity index (χ1v) is 11.8. The molecule has 1 aromatic carbocycles. The van der Waals surface area contributed by atoms with E-state index >= 15 is 0 Å². The molecule has 2 N–H and O–H groups in total. The van der Waals surface area contributed by atoms with Gasteiger partial charge in [0, 0.05) is 45.3 Å². The monoisotopic (exact) mass is 467 g/mol. The van der Waals surface area contributed by atoms with Crippen molar-refractivity contribution in [3.63, 3.8) is 0 Å². The van der Waals surface area contributed by atoms with Crippen molar-refractivity contribution in [1.29, 1.82) is 0 Å². The summed E-state index contributed by atoms with van der Waals surface area (Å²) in [4.78, 5) is 28.6. The highest BCUT2D eigenvalue weighted by atomic mass is 35.5. The molecule has 0 spiro atoms. The standard InChI is InChI=1S/C20H26ClN5O4S/c1-14-24-18(13-25(14)2)31(29,30)26-11-7-15(8-12-26)19(27)22-9-10-23-20(28)16-5-3-4-6-17(16)21/h3-6,13,15H,7-12H2,1-2H3,(H,22,27)(H,23,28). The lowest BCUT2D eigenvalue weighted by Gasteiger charge is -2.29. The van der Waals surface area contributed by atoms with Crippen LogP contribution in [0.4, 0.5) is 0 Å². The smallest absolute Gasteiger partial charge is 0.262 e. The van der Waals surface area contributed by atoms with Crippen molar-refractivity contribution in [3.05, 3.63) is 46.9 Å². The Kier molecular flexibility index (Phi) is 7.34. The molecule has 0 bridgehead atoms. The third kappa shape index (κ3) is 5.44. The molecule has 168 valence electrons. The Bertz CT molecular complexity index is 1040. The van der Waals surface area contributed by atoms with Gasteiger partial charge in [-0.3, -0.25) is 9.59 Å². The number of carbonyl (C=O) groups excluding carboxylic acids is 2. The summed E-state index contributed by atoms with van der Waals surface area (Å²) < 4.78 is 28.5. The van der Waals surface area contributed by atoms with E-state index in [9.17, 15) is 18.0 Å². The zero-order chi connectivity index (χ0) is 22.6. The van der Waals surface area contributed by atoms with Crippen LogP contribution in [0.25, 0.3) is 0 Å². The van der Waals surface area contributed by atoms with Crippen LogP contribution in [0.3, 0.4) is 0 Å². The average Bonchev–Trinajstić information content (AvgIpc) is 3.10. The Balaban J connectivity index is 1.43. The Morgan fingerprint density at radius 3 is 2.42 bits per heavy atom. The summed E-state index contributed by atoms with van der Waals surface area (Å²) in [6.07, 6.45) is 2.37. The summed E-state index contributed by atoms with van der Waals surface area (Å²) in [5, 5.41) is 5.91. The number of carbonyl (C=O) groups is 2. The summed E-state index contributed by atoms with van der Waals surface area (Å²) in [6, 6.07) is 6.74. The van der Waals surface area contributed by atoms with Gasteiger partial charge in [-0.1, -0.05) is 23.7 Å². The van der Waals surface area contributed by atoms with Gasteiger partial charge in [0.25, 0.3) is 15.9 Å². The zero-order valence-electron chi connectivity index (χ0n) is 17.5. The summed E-state index contributed by atoms with van der Waals surface area (Å²) in [5.41, 5.74) is 0.382. The SMILES string of the molecule is Cc1nc(S(=O)(=O)N2CCC(C(=O)NCCNC(=O)c3ccccc3Cl)CC2)cn1C. The van der Waals surface area contributed by atoms with Crippen LogP contribution in [0.1, 0.15) is 29.0 Å². The van der Waals surface area contributed by atoms with Crippen LogP contribution >= 0.6 is 11.6 Å². The second-order valence-corrected chi connectivity index (χ2v) is 9.73. The van der Waals surface area contributed by atoms with Gasteiger partial charge in [-0.2, -0.15) is 4.31 Å². The van der Waals surface area contributed by atoms with Crippen molar-refractivity contribution >= 4 is 33.4 Å². The number of hydrogen-bond acceptors (Lipinski definition) is 5. The minimum absolute atomic E-state index is 0.0321. The molecule has 1 aliphatic heterocycles. The molecule has 0 saturated carbocycles. The zero-order valence-corrected chi connectivity index (χ0v) is 19.0. The number of imidazole rings is 1. The average molecular weight is 468 g/mol. The Morgan fingerprint density at radius 2 is 1.81 bits per heavy atom. The first kappa shape index (κ1) is 23.2. The Labute approximate surface area is 186 Å². The number of piperidine rings is 1. The third-order valence-corrected chi connectivity index (χ3v) is 7.44. The number of aryl methyl sites for hydroxylation is 2. The summed E-state index contributed by atoms with van der Waals surface area (Å²) >= 11 is 5.99. The maximum absolute atomic E-state index is 12.7. The van der Waals surface area contributed by atoms with Crippen molar-refractivity contribution in [2.24, 2.45) is 13.0 Å². The van der Waals surface area contributed by atoms with E-state index in [0.29, 0.717) is 29.3 Å². The van der Waals surface area contributed by atoms with E-state index < -0.39 is 10.0 Å². The van der Waals surface area contributed by atoms with E-state index in [1.807, 2.05) is 0 Å². The number of nitrogens with one attached hydrogen (secondary N) is 2. The highest BCUT2D eigenvalue weighted by molar-refractivity contribution is 7.89. The van der Waals surface area contributed by atoms with Crippen LogP contribution in [-0.2, 0) is 21.9 Å². The molecule has 0 atom stereocenters. The minimum Gasteiger partial charge on any atom is -0.354 e. The topological polar surface area (TPSA) is 113 Å². The number of hydrogen-bond donors (Lipinski definition) is 2. The second kappa shape index (κ2) is 9.80. The van der Waals surface area contributed by atoms with Gasteiger partial charge >= 0.3 is 0 Å². The molecule has 9 nitrogen and oxygen atoms in total.